The number of carbonyl (C=O) groups is 2. The number of cyclic esters (lactones) is 1. The average molecular weight is 309 g/mol. The van der Waals surface area contributed by atoms with Crippen molar-refractivity contribution in [3.8, 4) is 0 Å². The summed E-state index contributed by atoms with van der Waals surface area (Å²) in [5.41, 5.74) is 2.00. The van der Waals surface area contributed by atoms with Gasteiger partial charge in [-0.3, -0.25) is 4.79 Å². The van der Waals surface area contributed by atoms with Crippen LogP contribution in [0.15, 0.2) is 60.7 Å². The molecule has 1 aliphatic rings. The molecule has 1 aliphatic heterocycles. The topological polar surface area (TPSA) is 46.6 Å². The number of amides is 2. The molecule has 0 unspecified atom stereocenters. The van der Waals surface area contributed by atoms with Crippen molar-refractivity contribution in [2.24, 2.45) is 0 Å². The van der Waals surface area contributed by atoms with Gasteiger partial charge in [-0.2, -0.15) is 0 Å². The van der Waals surface area contributed by atoms with Crippen LogP contribution in [-0.2, 0) is 9.53 Å². The lowest BCUT2D eigenvalue weighted by Crippen LogP contribution is -2.34. The second kappa shape index (κ2) is 6.65. The highest BCUT2D eigenvalue weighted by atomic mass is 16.6. The van der Waals surface area contributed by atoms with Gasteiger partial charge in [-0.1, -0.05) is 67.6 Å². The maximum absolute atomic E-state index is 12.6. The zero-order valence-electron chi connectivity index (χ0n) is 13.0. The molecule has 0 aliphatic carbocycles. The summed E-state index contributed by atoms with van der Waals surface area (Å²) in [7, 11) is 0. The van der Waals surface area contributed by atoms with Gasteiger partial charge in [-0.25, -0.2) is 9.69 Å². The number of hydrogen-bond acceptors (Lipinski definition) is 3. The van der Waals surface area contributed by atoms with Crippen molar-refractivity contribution in [3.63, 3.8) is 0 Å². The molecule has 0 bridgehead atoms. The Morgan fingerprint density at radius 3 is 2.39 bits per heavy atom. The molecule has 0 saturated carbocycles. The molecule has 1 fully saturated rings. The van der Waals surface area contributed by atoms with Crippen molar-refractivity contribution in [2.75, 3.05) is 6.61 Å². The maximum atomic E-state index is 12.6. The lowest BCUT2D eigenvalue weighted by atomic mass is 9.96. The lowest BCUT2D eigenvalue weighted by molar-refractivity contribution is -0.129. The van der Waals surface area contributed by atoms with Crippen molar-refractivity contribution in [1.82, 2.24) is 4.90 Å². The Bertz CT molecular complexity index is 684. The van der Waals surface area contributed by atoms with Gasteiger partial charge in [0.25, 0.3) is 0 Å². The number of benzene rings is 2. The van der Waals surface area contributed by atoms with E-state index >= 15 is 0 Å². The zero-order valence-corrected chi connectivity index (χ0v) is 13.0. The summed E-state index contributed by atoms with van der Waals surface area (Å²) < 4.78 is 5.11. The van der Waals surface area contributed by atoms with Gasteiger partial charge in [0.05, 0.1) is 0 Å². The van der Waals surface area contributed by atoms with E-state index in [2.05, 4.69) is 0 Å². The third-order valence-corrected chi connectivity index (χ3v) is 4.18. The van der Waals surface area contributed by atoms with Crippen LogP contribution < -0.4 is 0 Å². The van der Waals surface area contributed by atoms with Crippen LogP contribution in [0.1, 0.15) is 36.4 Å². The Morgan fingerprint density at radius 1 is 1.13 bits per heavy atom. The molecule has 2 atom stereocenters. The van der Waals surface area contributed by atoms with Gasteiger partial charge in [0.1, 0.15) is 12.6 Å². The molecule has 1 heterocycles. The fourth-order valence-electron chi connectivity index (χ4n) is 2.88. The number of hydrogen-bond donors (Lipinski definition) is 0. The minimum absolute atomic E-state index is 0.0496. The van der Waals surface area contributed by atoms with Crippen molar-refractivity contribution in [2.45, 2.75) is 25.3 Å². The zero-order chi connectivity index (χ0) is 16.2. The number of imide groups is 1. The Hall–Kier alpha value is -2.62. The highest BCUT2D eigenvalue weighted by Gasteiger charge is 2.38. The minimum Gasteiger partial charge on any atom is -0.446 e. The second-order valence-electron chi connectivity index (χ2n) is 5.78. The third-order valence-electron chi connectivity index (χ3n) is 4.18. The molecule has 23 heavy (non-hydrogen) atoms. The molecule has 0 N–H and O–H groups in total. The Kier molecular flexibility index (Phi) is 4.42. The quantitative estimate of drug-likeness (QED) is 0.860. The van der Waals surface area contributed by atoms with Crippen molar-refractivity contribution in [1.29, 1.82) is 0 Å². The number of nitrogens with zero attached hydrogens (tertiary/aromatic N) is 1. The van der Waals surface area contributed by atoms with E-state index in [1.165, 1.54) is 4.90 Å². The molecule has 0 spiro atoms. The number of carbonyl (C=O) groups excluding carboxylic acids is 2. The fourth-order valence-corrected chi connectivity index (χ4v) is 2.88. The van der Waals surface area contributed by atoms with E-state index < -0.39 is 6.09 Å². The molecule has 3 rings (SSSR count). The standard InChI is InChI=1S/C19H19NO3/c1-14(15-8-4-2-5-9-15)12-18(21)20-17(13-23-19(20)22)16-10-6-3-7-11-16/h2-11,14,17H,12-13H2,1H3/t14-,17+/m1/s1. The molecule has 2 amide bonds. The Labute approximate surface area is 135 Å². The SMILES string of the molecule is C[C@H](CC(=O)N1C(=O)OC[C@H]1c1ccccc1)c1ccccc1. The van der Waals surface area contributed by atoms with E-state index in [1.54, 1.807) is 0 Å². The van der Waals surface area contributed by atoms with E-state index in [1.807, 2.05) is 67.6 Å². The first-order valence-electron chi connectivity index (χ1n) is 7.75. The lowest BCUT2D eigenvalue weighted by Gasteiger charge is -2.21. The van der Waals surface area contributed by atoms with Crippen LogP contribution in [0.5, 0.6) is 0 Å². The summed E-state index contributed by atoms with van der Waals surface area (Å²) in [5, 5.41) is 0. The fraction of sp³-hybridized carbons (Fsp3) is 0.263. The predicted molar refractivity (Wildman–Crippen MR) is 86.9 cm³/mol. The van der Waals surface area contributed by atoms with E-state index in [0.29, 0.717) is 0 Å². The third kappa shape index (κ3) is 3.26. The van der Waals surface area contributed by atoms with Crippen LogP contribution >= 0.6 is 0 Å². The van der Waals surface area contributed by atoms with E-state index in [-0.39, 0.29) is 30.9 Å². The summed E-state index contributed by atoms with van der Waals surface area (Å²) in [5.74, 6) is -0.147. The van der Waals surface area contributed by atoms with Crippen molar-refractivity contribution < 1.29 is 14.3 Å². The Balaban J connectivity index is 1.76. The minimum atomic E-state index is -0.552. The van der Waals surface area contributed by atoms with E-state index in [9.17, 15) is 9.59 Å². The van der Waals surface area contributed by atoms with E-state index in [4.69, 9.17) is 4.74 Å². The van der Waals surface area contributed by atoms with Gasteiger partial charge < -0.3 is 4.74 Å². The normalized spacial score (nSPS) is 18.6. The molecule has 4 nitrogen and oxygen atoms in total. The molecule has 2 aromatic rings. The first-order valence-corrected chi connectivity index (χ1v) is 7.75. The first kappa shape index (κ1) is 15.3. The molecule has 1 saturated heterocycles. The van der Waals surface area contributed by atoms with Crippen molar-refractivity contribution >= 4 is 12.0 Å². The van der Waals surface area contributed by atoms with Crippen LogP contribution in [0.2, 0.25) is 0 Å². The molecule has 0 radical (unpaired) electrons. The number of rotatable bonds is 4. The van der Waals surface area contributed by atoms with Crippen LogP contribution in [0.4, 0.5) is 4.79 Å². The molecule has 4 heteroatoms. The number of ether oxygens (including phenoxy) is 1. The predicted octanol–water partition coefficient (Wildman–Crippen LogP) is 3.90. The highest BCUT2D eigenvalue weighted by Crippen LogP contribution is 2.30. The summed E-state index contributed by atoms with van der Waals surface area (Å²) >= 11 is 0. The van der Waals surface area contributed by atoms with Gasteiger partial charge in [0.2, 0.25) is 5.91 Å². The van der Waals surface area contributed by atoms with Gasteiger partial charge >= 0.3 is 6.09 Å². The molecular formula is C19H19NO3. The molecular weight excluding hydrogens is 290 g/mol. The molecule has 0 aromatic heterocycles. The van der Waals surface area contributed by atoms with Crippen LogP contribution in [0.3, 0.4) is 0 Å². The summed E-state index contributed by atoms with van der Waals surface area (Å²) in [4.78, 5) is 25.9. The smallest absolute Gasteiger partial charge is 0.417 e. The van der Waals surface area contributed by atoms with Crippen LogP contribution in [0, 0.1) is 0 Å². The monoisotopic (exact) mass is 309 g/mol. The van der Waals surface area contributed by atoms with Crippen LogP contribution in [0.25, 0.3) is 0 Å². The van der Waals surface area contributed by atoms with E-state index in [0.717, 1.165) is 11.1 Å². The highest BCUT2D eigenvalue weighted by molar-refractivity contribution is 5.94. The van der Waals surface area contributed by atoms with Gasteiger partial charge in [-0.05, 0) is 17.0 Å². The summed E-state index contributed by atoms with van der Waals surface area (Å²) in [6, 6.07) is 19.0. The largest absolute Gasteiger partial charge is 0.446 e. The van der Waals surface area contributed by atoms with Crippen LogP contribution in [-0.4, -0.2) is 23.5 Å². The van der Waals surface area contributed by atoms with Gasteiger partial charge in [-0.15, -0.1) is 0 Å². The van der Waals surface area contributed by atoms with Gasteiger partial charge in [0, 0.05) is 6.42 Å². The first-order chi connectivity index (χ1) is 11.2. The summed E-state index contributed by atoms with van der Waals surface area (Å²) in [6.07, 6.45) is -0.272. The Morgan fingerprint density at radius 2 is 1.74 bits per heavy atom. The molecule has 2 aromatic carbocycles. The molecule has 118 valence electrons. The van der Waals surface area contributed by atoms with Gasteiger partial charge in [0.15, 0.2) is 0 Å². The summed E-state index contributed by atoms with van der Waals surface area (Å²) in [6.45, 7) is 2.21. The maximum Gasteiger partial charge on any atom is 0.417 e. The van der Waals surface area contributed by atoms with Crippen molar-refractivity contribution in [3.05, 3.63) is 71.8 Å². The second-order valence-corrected chi connectivity index (χ2v) is 5.78. The average Bonchev–Trinajstić information content (AvgIpc) is 2.98.